The van der Waals surface area contributed by atoms with Crippen molar-refractivity contribution in [3.05, 3.63) is 24.0 Å². The van der Waals surface area contributed by atoms with Gasteiger partial charge in [-0.3, -0.25) is 5.32 Å². The van der Waals surface area contributed by atoms with Crippen molar-refractivity contribution in [2.24, 2.45) is 0 Å². The molecule has 0 fully saturated rings. The van der Waals surface area contributed by atoms with E-state index in [1.807, 2.05) is 0 Å². The predicted octanol–water partition coefficient (Wildman–Crippen LogP) is 2.52. The summed E-state index contributed by atoms with van der Waals surface area (Å²) in [7, 11) is 0. The maximum atomic E-state index is 13.0. The minimum absolute atomic E-state index is 0.0111. The topological polar surface area (TPSA) is 36.1 Å². The molecule has 1 unspecified atom stereocenters. The van der Waals surface area contributed by atoms with Crippen LogP contribution in [0, 0.1) is 5.82 Å². The van der Waals surface area contributed by atoms with Gasteiger partial charge >= 0.3 is 0 Å². The van der Waals surface area contributed by atoms with E-state index in [0.29, 0.717) is 0 Å². The van der Waals surface area contributed by atoms with Crippen LogP contribution in [0.15, 0.2) is 23.1 Å². The van der Waals surface area contributed by atoms with Crippen LogP contribution >= 0.6 is 11.9 Å². The van der Waals surface area contributed by atoms with Gasteiger partial charge < -0.3 is 5.32 Å². The lowest BCUT2D eigenvalue weighted by Gasteiger charge is -2.33. The standard InChI is InChI=1S/C11H16FN3S/c1-11(2,3)14-10-13-8-5-4-7(12)6-9(8)16-15-10/h4-6,10,13-15H,1-3H3. The first-order valence-electron chi connectivity index (χ1n) is 5.20. The highest BCUT2D eigenvalue weighted by Crippen LogP contribution is 2.30. The van der Waals surface area contributed by atoms with Crippen molar-refractivity contribution in [3.63, 3.8) is 0 Å². The molecule has 0 saturated carbocycles. The van der Waals surface area contributed by atoms with Gasteiger partial charge in [0.1, 0.15) is 12.1 Å². The summed E-state index contributed by atoms with van der Waals surface area (Å²) >= 11 is 1.44. The van der Waals surface area contributed by atoms with Gasteiger partial charge in [0.05, 0.1) is 5.69 Å². The van der Waals surface area contributed by atoms with E-state index in [4.69, 9.17) is 0 Å². The van der Waals surface area contributed by atoms with Crippen LogP contribution in [-0.2, 0) is 0 Å². The monoisotopic (exact) mass is 241 g/mol. The van der Waals surface area contributed by atoms with Gasteiger partial charge in [0.2, 0.25) is 0 Å². The maximum Gasteiger partial charge on any atom is 0.142 e. The average molecular weight is 241 g/mol. The average Bonchev–Trinajstić information content (AvgIpc) is 2.16. The molecule has 1 aliphatic heterocycles. The van der Waals surface area contributed by atoms with Crippen LogP contribution in [0.4, 0.5) is 10.1 Å². The number of benzene rings is 1. The molecule has 0 spiro atoms. The van der Waals surface area contributed by atoms with Crippen LogP contribution in [0.25, 0.3) is 0 Å². The second-order valence-corrected chi connectivity index (χ2v) is 5.71. The third-order valence-electron chi connectivity index (χ3n) is 2.11. The first-order chi connectivity index (χ1) is 7.44. The predicted molar refractivity (Wildman–Crippen MR) is 65.7 cm³/mol. The molecule has 2 rings (SSSR count). The molecule has 1 heterocycles. The third-order valence-corrected chi connectivity index (χ3v) is 3.02. The smallest absolute Gasteiger partial charge is 0.142 e. The van der Waals surface area contributed by atoms with Crippen LogP contribution in [0.1, 0.15) is 20.8 Å². The van der Waals surface area contributed by atoms with Crippen molar-refractivity contribution in [2.45, 2.75) is 37.5 Å². The van der Waals surface area contributed by atoms with Gasteiger partial charge in [-0.2, -0.15) is 0 Å². The van der Waals surface area contributed by atoms with E-state index in [2.05, 4.69) is 36.1 Å². The Kier molecular flexibility index (Phi) is 3.10. The normalized spacial score (nSPS) is 20.1. The van der Waals surface area contributed by atoms with Crippen molar-refractivity contribution in [3.8, 4) is 0 Å². The minimum atomic E-state index is -0.211. The summed E-state index contributed by atoms with van der Waals surface area (Å²) in [5.74, 6) is -0.211. The van der Waals surface area contributed by atoms with Gasteiger partial charge in [-0.25, -0.2) is 9.11 Å². The molecule has 1 aromatic carbocycles. The van der Waals surface area contributed by atoms with Gasteiger partial charge in [-0.05, 0) is 50.9 Å². The highest BCUT2D eigenvalue weighted by Gasteiger charge is 2.21. The van der Waals surface area contributed by atoms with E-state index in [1.54, 1.807) is 6.07 Å². The van der Waals surface area contributed by atoms with E-state index in [9.17, 15) is 4.39 Å². The Morgan fingerprint density at radius 2 is 2.12 bits per heavy atom. The Morgan fingerprint density at radius 3 is 2.81 bits per heavy atom. The molecule has 3 N–H and O–H groups in total. The summed E-state index contributed by atoms with van der Waals surface area (Å²) < 4.78 is 16.2. The second-order valence-electron chi connectivity index (χ2n) is 4.83. The number of rotatable bonds is 1. The molecule has 1 aliphatic rings. The minimum Gasteiger partial charge on any atom is -0.356 e. The lowest BCUT2D eigenvalue weighted by Crippen LogP contribution is -2.54. The number of halogens is 1. The van der Waals surface area contributed by atoms with E-state index < -0.39 is 0 Å². The summed E-state index contributed by atoms with van der Waals surface area (Å²) in [5.41, 5.74) is 0.967. The van der Waals surface area contributed by atoms with Gasteiger partial charge in [-0.15, -0.1) is 0 Å². The molecule has 0 aliphatic carbocycles. The second kappa shape index (κ2) is 4.24. The first-order valence-corrected chi connectivity index (χ1v) is 6.02. The summed E-state index contributed by atoms with van der Waals surface area (Å²) in [4.78, 5) is 0.881. The summed E-state index contributed by atoms with van der Waals surface area (Å²) in [6.07, 6.45) is -0.0111. The zero-order valence-corrected chi connectivity index (χ0v) is 10.4. The van der Waals surface area contributed by atoms with Crippen LogP contribution in [0.5, 0.6) is 0 Å². The lowest BCUT2D eigenvalue weighted by molar-refractivity contribution is 0.370. The van der Waals surface area contributed by atoms with Crippen LogP contribution in [0.2, 0.25) is 0 Å². The van der Waals surface area contributed by atoms with Crippen LogP contribution in [0.3, 0.4) is 0 Å². The summed E-state index contributed by atoms with van der Waals surface area (Å²) in [6, 6.07) is 4.75. The molecular formula is C11H16FN3S. The van der Waals surface area contributed by atoms with E-state index in [1.165, 1.54) is 24.1 Å². The molecule has 88 valence electrons. The zero-order valence-electron chi connectivity index (χ0n) is 9.60. The largest absolute Gasteiger partial charge is 0.356 e. The van der Waals surface area contributed by atoms with Crippen molar-refractivity contribution >= 4 is 17.6 Å². The van der Waals surface area contributed by atoms with Gasteiger partial charge in [0.15, 0.2) is 0 Å². The fourth-order valence-electron chi connectivity index (χ4n) is 1.51. The summed E-state index contributed by atoms with van der Waals surface area (Å²) in [5, 5.41) is 6.65. The fraction of sp³-hybridized carbons (Fsp3) is 0.455. The fourth-order valence-corrected chi connectivity index (χ4v) is 2.28. The number of hydrogen-bond donors (Lipinski definition) is 3. The number of nitrogens with one attached hydrogen (secondary N) is 3. The highest BCUT2D eigenvalue weighted by molar-refractivity contribution is 7.97. The van der Waals surface area contributed by atoms with Crippen LogP contribution in [-0.4, -0.2) is 11.8 Å². The van der Waals surface area contributed by atoms with Crippen molar-refractivity contribution in [2.75, 3.05) is 5.32 Å². The molecule has 0 saturated heterocycles. The summed E-state index contributed by atoms with van der Waals surface area (Å²) in [6.45, 7) is 6.30. The Bertz CT molecular complexity index is 389. The van der Waals surface area contributed by atoms with E-state index in [0.717, 1.165) is 10.6 Å². The number of anilines is 1. The Labute approximate surface area is 99.3 Å². The molecule has 0 radical (unpaired) electrons. The number of hydrogen-bond acceptors (Lipinski definition) is 4. The molecular weight excluding hydrogens is 225 g/mol. The Hall–Kier alpha value is -0.780. The molecule has 3 nitrogen and oxygen atoms in total. The molecule has 5 heteroatoms. The molecule has 0 bridgehead atoms. The number of fused-ring (bicyclic) bond motifs is 1. The Balaban J connectivity index is 2.09. The highest BCUT2D eigenvalue weighted by atomic mass is 32.2. The quantitative estimate of drug-likeness (QED) is 0.660. The van der Waals surface area contributed by atoms with Gasteiger partial charge in [-0.1, -0.05) is 0 Å². The van der Waals surface area contributed by atoms with Crippen molar-refractivity contribution < 1.29 is 4.39 Å². The zero-order chi connectivity index (χ0) is 11.8. The maximum absolute atomic E-state index is 13.0. The van der Waals surface area contributed by atoms with E-state index in [-0.39, 0.29) is 17.6 Å². The van der Waals surface area contributed by atoms with Crippen molar-refractivity contribution in [1.29, 1.82) is 0 Å². The molecule has 16 heavy (non-hydrogen) atoms. The van der Waals surface area contributed by atoms with Gasteiger partial charge in [0.25, 0.3) is 0 Å². The van der Waals surface area contributed by atoms with E-state index >= 15 is 0 Å². The SMILES string of the molecule is CC(C)(C)NC1NSc2cc(F)ccc2N1. The Morgan fingerprint density at radius 1 is 1.38 bits per heavy atom. The molecule has 1 atom stereocenters. The van der Waals surface area contributed by atoms with Gasteiger partial charge in [0, 0.05) is 10.4 Å². The first kappa shape index (κ1) is 11.7. The molecule has 0 amide bonds. The molecule has 0 aromatic heterocycles. The lowest BCUT2D eigenvalue weighted by atomic mass is 10.1. The van der Waals surface area contributed by atoms with Crippen LogP contribution < -0.4 is 15.4 Å². The van der Waals surface area contributed by atoms with Crippen molar-refractivity contribution in [1.82, 2.24) is 10.0 Å². The molecule has 1 aromatic rings. The third kappa shape index (κ3) is 2.87.